The van der Waals surface area contributed by atoms with E-state index in [1.165, 1.54) is 31.5 Å². The minimum absolute atomic E-state index is 0.690. The molecule has 0 spiro atoms. The van der Waals surface area contributed by atoms with E-state index in [2.05, 4.69) is 36.2 Å². The van der Waals surface area contributed by atoms with Gasteiger partial charge in [0.1, 0.15) is 5.75 Å². The molecule has 2 rings (SSSR count). The molecule has 0 atom stereocenters. The number of hydrogen-bond donors (Lipinski definition) is 1. The molecule has 20 heavy (non-hydrogen) atoms. The maximum Gasteiger partial charge on any atom is 0.118 e. The summed E-state index contributed by atoms with van der Waals surface area (Å²) in [5.74, 6) is 0.933. The molecule has 1 heterocycles. The van der Waals surface area contributed by atoms with Gasteiger partial charge in [-0.05, 0) is 70.4 Å². The average molecular weight is 276 g/mol. The quantitative estimate of drug-likeness (QED) is 0.864. The number of benzene rings is 1. The molecule has 1 fully saturated rings. The van der Waals surface area contributed by atoms with Crippen molar-refractivity contribution in [3.8, 4) is 5.75 Å². The Labute approximate surface area is 123 Å². The highest BCUT2D eigenvalue weighted by molar-refractivity contribution is 5.27. The van der Waals surface area contributed by atoms with Gasteiger partial charge >= 0.3 is 0 Å². The van der Waals surface area contributed by atoms with Gasteiger partial charge in [0.2, 0.25) is 0 Å². The molecule has 1 saturated heterocycles. The topological polar surface area (TPSA) is 24.5 Å². The summed E-state index contributed by atoms with van der Waals surface area (Å²) < 4.78 is 5.18. The van der Waals surface area contributed by atoms with E-state index >= 15 is 0 Å². The number of ether oxygens (including phenoxy) is 1. The van der Waals surface area contributed by atoms with Gasteiger partial charge in [-0.25, -0.2) is 0 Å². The fourth-order valence-electron chi connectivity index (χ4n) is 2.83. The van der Waals surface area contributed by atoms with E-state index in [-0.39, 0.29) is 0 Å². The van der Waals surface area contributed by atoms with Crippen LogP contribution >= 0.6 is 0 Å². The van der Waals surface area contributed by atoms with Crippen molar-refractivity contribution in [1.82, 2.24) is 10.2 Å². The first-order chi connectivity index (χ1) is 9.69. The van der Waals surface area contributed by atoms with Crippen LogP contribution in [0.2, 0.25) is 0 Å². The van der Waals surface area contributed by atoms with E-state index in [0.29, 0.717) is 12.1 Å². The summed E-state index contributed by atoms with van der Waals surface area (Å²) in [6.45, 7) is 8.11. The summed E-state index contributed by atoms with van der Waals surface area (Å²) in [6.07, 6.45) is 3.65. The van der Waals surface area contributed by atoms with Crippen LogP contribution in [0.3, 0.4) is 0 Å². The highest BCUT2D eigenvalue weighted by Crippen LogP contribution is 2.14. The van der Waals surface area contributed by atoms with Gasteiger partial charge in [-0.1, -0.05) is 12.1 Å². The van der Waals surface area contributed by atoms with Gasteiger partial charge in [0.05, 0.1) is 7.11 Å². The Morgan fingerprint density at radius 1 is 1.20 bits per heavy atom. The lowest BCUT2D eigenvalue weighted by atomic mass is 10.0. The van der Waals surface area contributed by atoms with Crippen molar-refractivity contribution < 1.29 is 4.74 Å². The molecule has 0 radical (unpaired) electrons. The van der Waals surface area contributed by atoms with Crippen molar-refractivity contribution in [2.24, 2.45) is 0 Å². The van der Waals surface area contributed by atoms with Crippen LogP contribution in [0.1, 0.15) is 32.3 Å². The molecule has 0 aliphatic carbocycles. The first-order valence-corrected chi connectivity index (χ1v) is 7.79. The number of piperidine rings is 1. The first kappa shape index (κ1) is 15.3. The molecule has 3 heteroatoms. The van der Waals surface area contributed by atoms with Crippen molar-refractivity contribution in [2.75, 3.05) is 26.7 Å². The van der Waals surface area contributed by atoms with E-state index in [1.807, 2.05) is 12.1 Å². The molecule has 112 valence electrons. The molecule has 0 amide bonds. The Hall–Kier alpha value is -1.06. The Kier molecular flexibility index (Phi) is 5.86. The maximum absolute atomic E-state index is 5.18. The highest BCUT2D eigenvalue weighted by Gasteiger charge is 2.19. The number of methoxy groups -OCH3 is 1. The van der Waals surface area contributed by atoms with E-state index < -0.39 is 0 Å². The second kappa shape index (κ2) is 7.65. The molecule has 1 aromatic rings. The lowest BCUT2D eigenvalue weighted by molar-refractivity contribution is 0.161. The smallest absolute Gasteiger partial charge is 0.118 e. The van der Waals surface area contributed by atoms with E-state index in [9.17, 15) is 0 Å². The fourth-order valence-corrected chi connectivity index (χ4v) is 2.83. The molecular formula is C17H28N2O. The Bertz CT molecular complexity index is 380. The Balaban J connectivity index is 1.66. The summed E-state index contributed by atoms with van der Waals surface area (Å²) in [5.41, 5.74) is 1.37. The molecule has 0 saturated carbocycles. The zero-order valence-corrected chi connectivity index (χ0v) is 13.1. The third-order valence-electron chi connectivity index (χ3n) is 4.27. The largest absolute Gasteiger partial charge is 0.497 e. The van der Waals surface area contributed by atoms with E-state index in [0.717, 1.165) is 18.7 Å². The Morgan fingerprint density at radius 2 is 1.85 bits per heavy atom. The monoisotopic (exact) mass is 276 g/mol. The molecule has 0 aromatic heterocycles. The second-order valence-electron chi connectivity index (χ2n) is 5.96. The van der Waals surface area contributed by atoms with Gasteiger partial charge in [0.25, 0.3) is 0 Å². The summed E-state index contributed by atoms with van der Waals surface area (Å²) in [7, 11) is 1.71. The second-order valence-corrected chi connectivity index (χ2v) is 5.96. The predicted molar refractivity (Wildman–Crippen MR) is 84.4 cm³/mol. The average Bonchev–Trinajstić information content (AvgIpc) is 2.48. The van der Waals surface area contributed by atoms with Crippen molar-refractivity contribution >= 4 is 0 Å². The standard InChI is InChI=1S/C17H28N2O/c1-14(2)19-12-9-16(10-13-19)18-11-8-15-4-6-17(20-3)7-5-15/h4-7,14,16,18H,8-13H2,1-3H3. The lowest BCUT2D eigenvalue weighted by Crippen LogP contribution is -2.45. The molecular weight excluding hydrogens is 248 g/mol. The normalized spacial score (nSPS) is 17.6. The SMILES string of the molecule is COc1ccc(CCNC2CCN(C(C)C)CC2)cc1. The van der Waals surface area contributed by atoms with E-state index in [4.69, 9.17) is 4.74 Å². The molecule has 1 aliphatic heterocycles. The fraction of sp³-hybridized carbons (Fsp3) is 0.647. The van der Waals surface area contributed by atoms with Crippen molar-refractivity contribution in [1.29, 1.82) is 0 Å². The minimum atomic E-state index is 0.690. The molecule has 1 N–H and O–H groups in total. The van der Waals surface area contributed by atoms with Crippen LogP contribution in [0.5, 0.6) is 5.75 Å². The summed E-state index contributed by atoms with van der Waals surface area (Å²) in [4.78, 5) is 2.57. The van der Waals surface area contributed by atoms with Crippen LogP contribution in [0.25, 0.3) is 0 Å². The number of hydrogen-bond acceptors (Lipinski definition) is 3. The summed E-state index contributed by atoms with van der Waals surface area (Å²) in [6, 6.07) is 9.77. The molecule has 0 unspecified atom stereocenters. The molecule has 1 aromatic carbocycles. The summed E-state index contributed by atoms with van der Waals surface area (Å²) >= 11 is 0. The zero-order valence-electron chi connectivity index (χ0n) is 13.1. The van der Waals surface area contributed by atoms with Gasteiger partial charge < -0.3 is 15.0 Å². The van der Waals surface area contributed by atoms with Crippen LogP contribution in [-0.4, -0.2) is 43.7 Å². The van der Waals surface area contributed by atoms with Gasteiger partial charge in [-0.3, -0.25) is 0 Å². The first-order valence-electron chi connectivity index (χ1n) is 7.79. The van der Waals surface area contributed by atoms with Gasteiger partial charge in [-0.15, -0.1) is 0 Å². The third-order valence-corrected chi connectivity index (χ3v) is 4.27. The van der Waals surface area contributed by atoms with Crippen LogP contribution in [-0.2, 0) is 6.42 Å². The Morgan fingerprint density at radius 3 is 2.40 bits per heavy atom. The van der Waals surface area contributed by atoms with Crippen LogP contribution in [0.4, 0.5) is 0 Å². The number of nitrogens with zero attached hydrogens (tertiary/aromatic N) is 1. The van der Waals surface area contributed by atoms with Crippen molar-refractivity contribution in [3.05, 3.63) is 29.8 Å². The van der Waals surface area contributed by atoms with Crippen LogP contribution in [0.15, 0.2) is 24.3 Å². The maximum atomic E-state index is 5.18. The molecule has 0 bridgehead atoms. The molecule has 1 aliphatic rings. The van der Waals surface area contributed by atoms with Gasteiger partial charge in [-0.2, -0.15) is 0 Å². The number of likely N-dealkylation sites (tertiary alicyclic amines) is 1. The van der Waals surface area contributed by atoms with Gasteiger partial charge in [0, 0.05) is 12.1 Å². The predicted octanol–water partition coefficient (Wildman–Crippen LogP) is 2.70. The van der Waals surface area contributed by atoms with E-state index in [1.54, 1.807) is 7.11 Å². The van der Waals surface area contributed by atoms with Crippen molar-refractivity contribution in [3.63, 3.8) is 0 Å². The number of nitrogens with one attached hydrogen (secondary N) is 1. The highest BCUT2D eigenvalue weighted by atomic mass is 16.5. The zero-order chi connectivity index (χ0) is 14.4. The van der Waals surface area contributed by atoms with Crippen LogP contribution < -0.4 is 10.1 Å². The van der Waals surface area contributed by atoms with Crippen molar-refractivity contribution in [2.45, 2.75) is 45.2 Å². The third kappa shape index (κ3) is 4.50. The minimum Gasteiger partial charge on any atom is -0.497 e. The summed E-state index contributed by atoms with van der Waals surface area (Å²) in [5, 5.41) is 3.70. The lowest BCUT2D eigenvalue weighted by Gasteiger charge is -2.35. The number of rotatable bonds is 6. The van der Waals surface area contributed by atoms with Gasteiger partial charge in [0.15, 0.2) is 0 Å². The van der Waals surface area contributed by atoms with Crippen LogP contribution in [0, 0.1) is 0 Å². The molecule has 3 nitrogen and oxygen atoms in total.